The van der Waals surface area contributed by atoms with Gasteiger partial charge < -0.3 is 4.74 Å². The van der Waals surface area contributed by atoms with Gasteiger partial charge in [-0.3, -0.25) is 0 Å². The van der Waals surface area contributed by atoms with Crippen molar-refractivity contribution in [2.24, 2.45) is 0 Å². The van der Waals surface area contributed by atoms with Crippen LogP contribution in [0.25, 0.3) is 0 Å². The first-order chi connectivity index (χ1) is 9.25. The standard InChI is InChI=1S/C14H13Cl3N2O/c1-14(2,3)13-18-11(17)7-12(19-13)20-8-4-5-9(15)10(16)6-8/h4-7H,1-3H3. The fourth-order valence-electron chi connectivity index (χ4n) is 1.45. The molecule has 20 heavy (non-hydrogen) atoms. The van der Waals surface area contributed by atoms with Crippen LogP contribution in [-0.2, 0) is 5.41 Å². The number of aromatic nitrogens is 2. The second kappa shape index (κ2) is 5.76. The zero-order valence-corrected chi connectivity index (χ0v) is 13.5. The number of rotatable bonds is 2. The number of halogens is 3. The van der Waals surface area contributed by atoms with Gasteiger partial charge >= 0.3 is 0 Å². The van der Waals surface area contributed by atoms with Crippen LogP contribution in [0.2, 0.25) is 15.2 Å². The Balaban J connectivity index is 2.33. The Bertz CT molecular complexity index is 639. The Hall–Kier alpha value is -1.03. The van der Waals surface area contributed by atoms with Crippen molar-refractivity contribution >= 4 is 34.8 Å². The molecule has 0 saturated carbocycles. The van der Waals surface area contributed by atoms with E-state index in [4.69, 9.17) is 39.5 Å². The predicted molar refractivity (Wildman–Crippen MR) is 82.3 cm³/mol. The predicted octanol–water partition coefficient (Wildman–Crippen LogP) is 5.53. The molecule has 0 atom stereocenters. The Labute approximate surface area is 132 Å². The summed E-state index contributed by atoms with van der Waals surface area (Å²) in [6.07, 6.45) is 0. The number of hydrogen-bond donors (Lipinski definition) is 0. The molecule has 0 amide bonds. The average molecular weight is 332 g/mol. The molecule has 1 aromatic heterocycles. The third kappa shape index (κ3) is 3.75. The van der Waals surface area contributed by atoms with Crippen molar-refractivity contribution in [3.8, 4) is 11.6 Å². The molecule has 0 aliphatic rings. The number of hydrogen-bond acceptors (Lipinski definition) is 3. The smallest absolute Gasteiger partial charge is 0.224 e. The first-order valence-electron chi connectivity index (χ1n) is 5.94. The van der Waals surface area contributed by atoms with Crippen LogP contribution in [0.3, 0.4) is 0 Å². The van der Waals surface area contributed by atoms with Gasteiger partial charge in [0.15, 0.2) is 0 Å². The van der Waals surface area contributed by atoms with Crippen molar-refractivity contribution in [1.29, 1.82) is 0 Å². The fourth-order valence-corrected chi connectivity index (χ4v) is 1.91. The van der Waals surface area contributed by atoms with Crippen LogP contribution in [0.4, 0.5) is 0 Å². The minimum atomic E-state index is -0.222. The summed E-state index contributed by atoms with van der Waals surface area (Å²) in [5, 5.41) is 1.22. The molecule has 0 radical (unpaired) electrons. The molecule has 0 bridgehead atoms. The molecule has 0 N–H and O–H groups in total. The van der Waals surface area contributed by atoms with Crippen LogP contribution in [0, 0.1) is 0 Å². The highest BCUT2D eigenvalue weighted by Gasteiger charge is 2.19. The van der Waals surface area contributed by atoms with Gasteiger partial charge in [-0.05, 0) is 12.1 Å². The number of ether oxygens (including phenoxy) is 1. The second-order valence-electron chi connectivity index (χ2n) is 5.28. The van der Waals surface area contributed by atoms with Gasteiger partial charge in [0.1, 0.15) is 16.7 Å². The van der Waals surface area contributed by atoms with E-state index in [1.165, 1.54) is 0 Å². The van der Waals surface area contributed by atoms with E-state index in [0.717, 1.165) is 0 Å². The van der Waals surface area contributed by atoms with Gasteiger partial charge in [-0.2, -0.15) is 4.98 Å². The van der Waals surface area contributed by atoms with E-state index in [2.05, 4.69) is 9.97 Å². The van der Waals surface area contributed by atoms with Crippen molar-refractivity contribution in [3.63, 3.8) is 0 Å². The lowest BCUT2D eigenvalue weighted by Crippen LogP contribution is -2.16. The van der Waals surface area contributed by atoms with Crippen LogP contribution in [0.5, 0.6) is 11.6 Å². The maximum absolute atomic E-state index is 6.00. The van der Waals surface area contributed by atoms with Crippen LogP contribution in [0.15, 0.2) is 24.3 Å². The van der Waals surface area contributed by atoms with Crippen LogP contribution in [0.1, 0.15) is 26.6 Å². The summed E-state index contributed by atoms with van der Waals surface area (Å²) >= 11 is 17.8. The monoisotopic (exact) mass is 330 g/mol. The van der Waals surface area contributed by atoms with Gasteiger partial charge in [-0.1, -0.05) is 55.6 Å². The highest BCUT2D eigenvalue weighted by atomic mass is 35.5. The largest absolute Gasteiger partial charge is 0.439 e. The summed E-state index contributed by atoms with van der Waals surface area (Å²) in [7, 11) is 0. The van der Waals surface area contributed by atoms with Crippen molar-refractivity contribution in [3.05, 3.63) is 45.3 Å². The summed E-state index contributed by atoms with van der Waals surface area (Å²) in [6.45, 7) is 6.00. The van der Waals surface area contributed by atoms with Crippen LogP contribution >= 0.6 is 34.8 Å². The quantitative estimate of drug-likeness (QED) is 0.679. The average Bonchev–Trinajstić information content (AvgIpc) is 2.32. The third-order valence-electron chi connectivity index (χ3n) is 2.46. The van der Waals surface area contributed by atoms with Gasteiger partial charge in [0, 0.05) is 17.5 Å². The molecule has 0 spiro atoms. The Morgan fingerprint density at radius 1 is 0.950 bits per heavy atom. The number of nitrogens with zero attached hydrogens (tertiary/aromatic N) is 2. The van der Waals surface area contributed by atoms with E-state index in [-0.39, 0.29) is 5.41 Å². The lowest BCUT2D eigenvalue weighted by Gasteiger charge is -2.17. The SMILES string of the molecule is CC(C)(C)c1nc(Cl)cc(Oc2ccc(Cl)c(Cl)c2)n1. The summed E-state index contributed by atoms with van der Waals surface area (Å²) in [5.41, 5.74) is -0.222. The minimum Gasteiger partial charge on any atom is -0.439 e. The molecule has 6 heteroatoms. The second-order valence-corrected chi connectivity index (χ2v) is 6.48. The highest BCUT2D eigenvalue weighted by Crippen LogP contribution is 2.30. The summed E-state index contributed by atoms with van der Waals surface area (Å²) < 4.78 is 5.65. The summed E-state index contributed by atoms with van der Waals surface area (Å²) in [4.78, 5) is 8.56. The Kier molecular flexibility index (Phi) is 4.43. The van der Waals surface area contributed by atoms with E-state index in [0.29, 0.717) is 32.7 Å². The lowest BCUT2D eigenvalue weighted by atomic mass is 9.96. The molecule has 0 aliphatic heterocycles. The van der Waals surface area contributed by atoms with E-state index in [9.17, 15) is 0 Å². The molecule has 106 valence electrons. The molecule has 0 saturated heterocycles. The van der Waals surface area contributed by atoms with Gasteiger partial charge in [0.2, 0.25) is 5.88 Å². The van der Waals surface area contributed by atoms with E-state index >= 15 is 0 Å². The molecular weight excluding hydrogens is 319 g/mol. The van der Waals surface area contributed by atoms with E-state index < -0.39 is 0 Å². The van der Waals surface area contributed by atoms with Crippen LogP contribution in [-0.4, -0.2) is 9.97 Å². The van der Waals surface area contributed by atoms with Gasteiger partial charge in [0.25, 0.3) is 0 Å². The fraction of sp³-hybridized carbons (Fsp3) is 0.286. The third-order valence-corrected chi connectivity index (χ3v) is 3.39. The first-order valence-corrected chi connectivity index (χ1v) is 7.07. The van der Waals surface area contributed by atoms with Crippen molar-refractivity contribution in [2.75, 3.05) is 0 Å². The lowest BCUT2D eigenvalue weighted by molar-refractivity contribution is 0.446. The normalized spacial score (nSPS) is 11.5. The van der Waals surface area contributed by atoms with Gasteiger partial charge in [0.05, 0.1) is 10.0 Å². The maximum atomic E-state index is 6.00. The highest BCUT2D eigenvalue weighted by molar-refractivity contribution is 6.42. The van der Waals surface area contributed by atoms with Gasteiger partial charge in [-0.25, -0.2) is 4.98 Å². The molecule has 2 aromatic rings. The summed E-state index contributed by atoms with van der Waals surface area (Å²) in [6, 6.07) is 6.55. The van der Waals surface area contributed by atoms with Crippen molar-refractivity contribution in [2.45, 2.75) is 26.2 Å². The first kappa shape index (κ1) is 15.4. The zero-order valence-electron chi connectivity index (χ0n) is 11.2. The topological polar surface area (TPSA) is 35.0 Å². The molecule has 1 aromatic carbocycles. The maximum Gasteiger partial charge on any atom is 0.224 e. The molecule has 0 fully saturated rings. The van der Waals surface area contributed by atoms with E-state index in [1.54, 1.807) is 24.3 Å². The van der Waals surface area contributed by atoms with Crippen LogP contribution < -0.4 is 4.74 Å². The number of benzene rings is 1. The molecule has 0 aliphatic carbocycles. The zero-order chi connectivity index (χ0) is 14.9. The summed E-state index contributed by atoms with van der Waals surface area (Å²) in [5.74, 6) is 1.52. The van der Waals surface area contributed by atoms with E-state index in [1.807, 2.05) is 20.8 Å². The molecule has 3 nitrogen and oxygen atoms in total. The minimum absolute atomic E-state index is 0.222. The van der Waals surface area contributed by atoms with Crippen molar-refractivity contribution in [1.82, 2.24) is 9.97 Å². The molecule has 0 unspecified atom stereocenters. The molecular formula is C14H13Cl3N2O. The molecule has 2 rings (SSSR count). The molecule has 1 heterocycles. The van der Waals surface area contributed by atoms with Crippen molar-refractivity contribution < 1.29 is 4.74 Å². The van der Waals surface area contributed by atoms with Gasteiger partial charge in [-0.15, -0.1) is 0 Å². The Morgan fingerprint density at radius 2 is 1.65 bits per heavy atom. The Morgan fingerprint density at radius 3 is 2.25 bits per heavy atom.